The van der Waals surface area contributed by atoms with E-state index in [1.54, 1.807) is 11.3 Å². The van der Waals surface area contributed by atoms with Crippen molar-refractivity contribution in [3.05, 3.63) is 39.7 Å². The van der Waals surface area contributed by atoms with Crippen LogP contribution in [0.2, 0.25) is 0 Å². The van der Waals surface area contributed by atoms with E-state index in [2.05, 4.69) is 28.5 Å². The number of anilines is 1. The highest BCUT2D eigenvalue weighted by atomic mass is 32.1. The van der Waals surface area contributed by atoms with E-state index in [4.69, 9.17) is 5.11 Å². The molecule has 5 nitrogen and oxygen atoms in total. The summed E-state index contributed by atoms with van der Waals surface area (Å²) in [6.45, 7) is 2.66. The van der Waals surface area contributed by atoms with E-state index in [9.17, 15) is 4.79 Å². The van der Waals surface area contributed by atoms with Gasteiger partial charge < -0.3 is 10.4 Å². The number of carbonyl (C=O) groups is 1. The lowest BCUT2D eigenvalue weighted by molar-refractivity contribution is 0.0697. The minimum Gasteiger partial charge on any atom is -0.478 e. The Bertz CT molecular complexity index is 554. The van der Waals surface area contributed by atoms with Gasteiger partial charge in [-0.1, -0.05) is 6.92 Å². The van der Waals surface area contributed by atoms with Crippen LogP contribution in [0.4, 0.5) is 5.82 Å². The molecule has 0 aliphatic heterocycles. The first kappa shape index (κ1) is 12.5. The number of hydrogen-bond donors (Lipinski definition) is 2. The molecule has 2 aromatic heterocycles. The number of carboxylic acids is 1. The molecule has 0 spiro atoms. The summed E-state index contributed by atoms with van der Waals surface area (Å²) in [7, 11) is 0. The van der Waals surface area contributed by atoms with Crippen molar-refractivity contribution in [2.45, 2.75) is 19.9 Å². The molecule has 0 aliphatic carbocycles. The maximum absolute atomic E-state index is 11.0. The summed E-state index contributed by atoms with van der Waals surface area (Å²) >= 11 is 1.71. The number of thiophene rings is 1. The lowest BCUT2D eigenvalue weighted by Crippen LogP contribution is -2.08. The summed E-state index contributed by atoms with van der Waals surface area (Å²) in [5.41, 5.74) is 0.136. The van der Waals surface area contributed by atoms with Gasteiger partial charge in [-0.15, -0.1) is 16.4 Å². The third-order valence-corrected chi connectivity index (χ3v) is 3.68. The second kappa shape index (κ2) is 5.59. The first-order valence-corrected chi connectivity index (χ1v) is 6.38. The molecule has 94 valence electrons. The van der Waals surface area contributed by atoms with Crippen molar-refractivity contribution in [2.75, 3.05) is 5.32 Å². The zero-order valence-electron chi connectivity index (χ0n) is 9.88. The fourth-order valence-corrected chi connectivity index (χ4v) is 2.41. The van der Waals surface area contributed by atoms with Gasteiger partial charge in [-0.05, 0) is 24.6 Å². The van der Waals surface area contributed by atoms with Crippen LogP contribution < -0.4 is 5.32 Å². The summed E-state index contributed by atoms with van der Waals surface area (Å²) in [6.07, 6.45) is 2.38. The first-order valence-electron chi connectivity index (χ1n) is 5.57. The number of nitrogens with one attached hydrogen (secondary N) is 1. The normalized spacial score (nSPS) is 10.3. The average Bonchev–Trinajstić information content (AvgIpc) is 2.84. The Hall–Kier alpha value is -1.95. The molecule has 2 N–H and O–H groups in total. The summed E-state index contributed by atoms with van der Waals surface area (Å²) < 4.78 is 0. The fourth-order valence-electron chi connectivity index (χ4n) is 1.51. The number of rotatable bonds is 5. The van der Waals surface area contributed by atoms with Gasteiger partial charge in [-0.25, -0.2) is 4.79 Å². The molecule has 0 aliphatic rings. The highest BCUT2D eigenvalue weighted by molar-refractivity contribution is 7.12. The number of carboxylic acid groups (broad SMARTS) is 1. The number of aromatic carboxylic acids is 1. The van der Waals surface area contributed by atoms with Crippen molar-refractivity contribution in [1.29, 1.82) is 0 Å². The standard InChI is InChI=1S/C12H13N3O2S/c1-2-8-3-4-9(18-8)7-13-11-10(12(16)17)5-6-14-15-11/h3-6H,2,7H2,1H3,(H,13,15)(H,16,17). The van der Waals surface area contributed by atoms with Crippen LogP contribution in [0.3, 0.4) is 0 Å². The second-order valence-corrected chi connectivity index (χ2v) is 4.93. The van der Waals surface area contributed by atoms with Crippen LogP contribution in [0.1, 0.15) is 27.0 Å². The Morgan fingerprint density at radius 2 is 2.17 bits per heavy atom. The maximum Gasteiger partial charge on any atom is 0.339 e. The molecular weight excluding hydrogens is 250 g/mol. The Kier molecular flexibility index (Phi) is 3.88. The molecule has 2 aromatic rings. The number of hydrogen-bond acceptors (Lipinski definition) is 5. The SMILES string of the molecule is CCc1ccc(CNc2nnccc2C(=O)O)s1. The lowest BCUT2D eigenvalue weighted by Gasteiger charge is -2.05. The molecule has 0 atom stereocenters. The van der Waals surface area contributed by atoms with E-state index in [1.165, 1.54) is 17.1 Å². The molecule has 0 amide bonds. The Morgan fingerprint density at radius 3 is 2.83 bits per heavy atom. The van der Waals surface area contributed by atoms with Gasteiger partial charge in [0, 0.05) is 9.75 Å². The molecule has 0 radical (unpaired) electrons. The molecule has 0 aromatic carbocycles. The third-order valence-electron chi connectivity index (χ3n) is 2.45. The number of nitrogens with zero attached hydrogens (tertiary/aromatic N) is 2. The Labute approximate surface area is 109 Å². The van der Waals surface area contributed by atoms with Crippen LogP contribution in [-0.4, -0.2) is 21.3 Å². The van der Waals surface area contributed by atoms with Gasteiger partial charge in [-0.3, -0.25) is 0 Å². The van der Waals surface area contributed by atoms with E-state index in [-0.39, 0.29) is 5.56 Å². The van der Waals surface area contributed by atoms with E-state index >= 15 is 0 Å². The van der Waals surface area contributed by atoms with E-state index in [0.717, 1.165) is 11.3 Å². The van der Waals surface area contributed by atoms with Crippen LogP contribution in [0.15, 0.2) is 24.4 Å². The van der Waals surface area contributed by atoms with Crippen LogP contribution in [0, 0.1) is 0 Å². The van der Waals surface area contributed by atoms with Crippen LogP contribution in [0.25, 0.3) is 0 Å². The zero-order chi connectivity index (χ0) is 13.0. The Balaban J connectivity index is 2.08. The molecule has 0 bridgehead atoms. The highest BCUT2D eigenvalue weighted by Crippen LogP contribution is 2.19. The van der Waals surface area contributed by atoms with Crippen molar-refractivity contribution < 1.29 is 9.90 Å². The van der Waals surface area contributed by atoms with Gasteiger partial charge >= 0.3 is 5.97 Å². The van der Waals surface area contributed by atoms with Gasteiger partial charge in [0.2, 0.25) is 0 Å². The smallest absolute Gasteiger partial charge is 0.339 e. The highest BCUT2D eigenvalue weighted by Gasteiger charge is 2.11. The predicted molar refractivity (Wildman–Crippen MR) is 70.0 cm³/mol. The first-order chi connectivity index (χ1) is 8.70. The van der Waals surface area contributed by atoms with Gasteiger partial charge in [0.15, 0.2) is 5.82 Å². The van der Waals surface area contributed by atoms with Crippen molar-refractivity contribution in [3.8, 4) is 0 Å². The molecule has 2 heterocycles. The summed E-state index contributed by atoms with van der Waals surface area (Å²) in [5, 5.41) is 19.5. The summed E-state index contributed by atoms with van der Waals surface area (Å²) in [5.74, 6) is -0.704. The van der Waals surface area contributed by atoms with Gasteiger partial charge in [0.05, 0.1) is 12.7 Å². The van der Waals surface area contributed by atoms with Gasteiger partial charge in [0.1, 0.15) is 5.56 Å². The largest absolute Gasteiger partial charge is 0.478 e. The summed E-state index contributed by atoms with van der Waals surface area (Å²) in [6, 6.07) is 5.55. The molecule has 0 fully saturated rings. The molecular formula is C12H13N3O2S. The molecule has 0 saturated heterocycles. The molecule has 18 heavy (non-hydrogen) atoms. The topological polar surface area (TPSA) is 75.1 Å². The van der Waals surface area contributed by atoms with Gasteiger partial charge in [0.25, 0.3) is 0 Å². The monoisotopic (exact) mass is 263 g/mol. The lowest BCUT2D eigenvalue weighted by atomic mass is 10.3. The van der Waals surface area contributed by atoms with Crippen molar-refractivity contribution >= 4 is 23.1 Å². The third kappa shape index (κ3) is 2.84. The van der Waals surface area contributed by atoms with E-state index in [1.807, 2.05) is 6.07 Å². The minimum atomic E-state index is -1.01. The molecule has 6 heteroatoms. The molecule has 2 rings (SSSR count). The van der Waals surface area contributed by atoms with Crippen molar-refractivity contribution in [3.63, 3.8) is 0 Å². The maximum atomic E-state index is 11.0. The number of aryl methyl sites for hydroxylation is 1. The molecule has 0 saturated carbocycles. The fraction of sp³-hybridized carbons (Fsp3) is 0.250. The molecule has 0 unspecified atom stereocenters. The van der Waals surface area contributed by atoms with Crippen LogP contribution in [-0.2, 0) is 13.0 Å². The van der Waals surface area contributed by atoms with Gasteiger partial charge in [-0.2, -0.15) is 5.10 Å². The second-order valence-electron chi connectivity index (χ2n) is 3.67. The van der Waals surface area contributed by atoms with Crippen molar-refractivity contribution in [1.82, 2.24) is 10.2 Å². The number of aromatic nitrogens is 2. The zero-order valence-corrected chi connectivity index (χ0v) is 10.7. The Morgan fingerprint density at radius 1 is 1.39 bits per heavy atom. The van der Waals surface area contributed by atoms with Crippen LogP contribution >= 0.6 is 11.3 Å². The van der Waals surface area contributed by atoms with E-state index < -0.39 is 5.97 Å². The quantitative estimate of drug-likeness (QED) is 0.866. The van der Waals surface area contributed by atoms with Crippen LogP contribution in [0.5, 0.6) is 0 Å². The minimum absolute atomic E-state index is 0.136. The summed E-state index contributed by atoms with van der Waals surface area (Å²) in [4.78, 5) is 13.4. The predicted octanol–water partition coefficient (Wildman–Crippen LogP) is 2.41. The van der Waals surface area contributed by atoms with E-state index in [0.29, 0.717) is 12.4 Å². The van der Waals surface area contributed by atoms with Crippen molar-refractivity contribution in [2.24, 2.45) is 0 Å². The average molecular weight is 263 g/mol.